The van der Waals surface area contributed by atoms with Crippen LogP contribution in [0, 0.1) is 0 Å². The molecule has 1 aromatic heterocycles. The number of para-hydroxylation sites is 1. The highest BCUT2D eigenvalue weighted by molar-refractivity contribution is 5.93. The molecule has 6 nitrogen and oxygen atoms in total. The molecule has 0 radical (unpaired) electrons. The van der Waals surface area contributed by atoms with Gasteiger partial charge < -0.3 is 10.1 Å². The van der Waals surface area contributed by atoms with Gasteiger partial charge in [0.15, 0.2) is 0 Å². The van der Waals surface area contributed by atoms with Crippen LogP contribution in [0.5, 0.6) is 5.88 Å². The molecular weight excluding hydrogens is 340 g/mol. The number of nitrogens with zero attached hydrogens (tertiary/aromatic N) is 3. The first-order valence-corrected chi connectivity index (χ1v) is 9.50. The predicted molar refractivity (Wildman–Crippen MR) is 107 cm³/mol. The van der Waals surface area contributed by atoms with Gasteiger partial charge >= 0.3 is 0 Å². The van der Waals surface area contributed by atoms with Gasteiger partial charge in [0.1, 0.15) is 0 Å². The van der Waals surface area contributed by atoms with E-state index in [1.807, 2.05) is 36.4 Å². The summed E-state index contributed by atoms with van der Waals surface area (Å²) in [6, 6.07) is 13.8. The van der Waals surface area contributed by atoms with Crippen molar-refractivity contribution in [3.05, 3.63) is 53.7 Å². The van der Waals surface area contributed by atoms with Crippen molar-refractivity contribution in [3.63, 3.8) is 0 Å². The summed E-state index contributed by atoms with van der Waals surface area (Å²) in [5.41, 5.74) is 3.10. The molecule has 1 aliphatic heterocycles. The van der Waals surface area contributed by atoms with Crippen molar-refractivity contribution < 1.29 is 9.53 Å². The Hall–Kier alpha value is -2.44. The molecule has 0 unspecified atom stereocenters. The van der Waals surface area contributed by atoms with E-state index in [4.69, 9.17) is 4.74 Å². The molecule has 1 N–H and O–H groups in total. The van der Waals surface area contributed by atoms with Crippen LogP contribution in [0.15, 0.2) is 42.5 Å². The van der Waals surface area contributed by atoms with E-state index in [1.54, 1.807) is 7.11 Å². The summed E-state index contributed by atoms with van der Waals surface area (Å²) in [5.74, 6) is 0.703. The van der Waals surface area contributed by atoms with Crippen LogP contribution in [0.4, 0.5) is 5.69 Å². The number of pyridine rings is 1. The first-order valence-electron chi connectivity index (χ1n) is 9.50. The molecule has 1 aromatic carbocycles. The van der Waals surface area contributed by atoms with Crippen molar-refractivity contribution in [2.24, 2.45) is 0 Å². The number of methoxy groups -OCH3 is 1. The van der Waals surface area contributed by atoms with E-state index in [-0.39, 0.29) is 5.91 Å². The summed E-state index contributed by atoms with van der Waals surface area (Å²) >= 11 is 0. The standard InChI is InChI=1S/C21H28N4O2/c1-3-17-7-4-5-9-19(17)23-20(26)16-25-13-11-24(12-14-25)15-18-8-6-10-21(22-18)27-2/h4-10H,3,11-16H2,1-2H3,(H,23,26). The third-order valence-electron chi connectivity index (χ3n) is 4.88. The molecule has 1 fully saturated rings. The Labute approximate surface area is 161 Å². The van der Waals surface area contributed by atoms with Gasteiger partial charge in [0.25, 0.3) is 0 Å². The van der Waals surface area contributed by atoms with Gasteiger partial charge in [0, 0.05) is 44.5 Å². The van der Waals surface area contributed by atoms with Crippen molar-refractivity contribution in [2.75, 3.05) is 45.2 Å². The fraction of sp³-hybridized carbons (Fsp3) is 0.429. The minimum Gasteiger partial charge on any atom is -0.481 e. The largest absolute Gasteiger partial charge is 0.481 e. The lowest BCUT2D eigenvalue weighted by Crippen LogP contribution is -2.48. The van der Waals surface area contributed by atoms with Crippen LogP contribution in [0.2, 0.25) is 0 Å². The maximum absolute atomic E-state index is 12.4. The molecule has 0 spiro atoms. The Bertz CT molecular complexity index is 757. The summed E-state index contributed by atoms with van der Waals surface area (Å²) < 4.78 is 5.19. The second-order valence-electron chi connectivity index (χ2n) is 6.78. The van der Waals surface area contributed by atoms with Crippen LogP contribution < -0.4 is 10.1 Å². The van der Waals surface area contributed by atoms with Gasteiger partial charge in [-0.15, -0.1) is 0 Å². The van der Waals surface area contributed by atoms with E-state index in [0.717, 1.165) is 50.5 Å². The number of amides is 1. The number of nitrogens with one attached hydrogen (secondary N) is 1. The Morgan fingerprint density at radius 1 is 1.07 bits per heavy atom. The molecule has 1 saturated heterocycles. The topological polar surface area (TPSA) is 57.7 Å². The first kappa shape index (κ1) is 19.3. The maximum atomic E-state index is 12.4. The molecule has 0 saturated carbocycles. The number of hydrogen-bond acceptors (Lipinski definition) is 5. The number of benzene rings is 1. The monoisotopic (exact) mass is 368 g/mol. The van der Waals surface area contributed by atoms with Crippen LogP contribution in [0.1, 0.15) is 18.2 Å². The molecule has 0 atom stereocenters. The summed E-state index contributed by atoms with van der Waals surface area (Å²) in [6.45, 7) is 6.96. The minimum atomic E-state index is 0.0545. The van der Waals surface area contributed by atoms with E-state index in [1.165, 1.54) is 5.56 Å². The second kappa shape index (κ2) is 9.48. The van der Waals surface area contributed by atoms with E-state index in [2.05, 4.69) is 33.1 Å². The summed E-state index contributed by atoms with van der Waals surface area (Å²) in [7, 11) is 1.63. The number of anilines is 1. The van der Waals surface area contributed by atoms with E-state index < -0.39 is 0 Å². The summed E-state index contributed by atoms with van der Waals surface area (Å²) in [6.07, 6.45) is 0.910. The molecule has 27 heavy (non-hydrogen) atoms. The maximum Gasteiger partial charge on any atom is 0.238 e. The number of carbonyl (C=O) groups excluding carboxylic acids is 1. The Morgan fingerprint density at radius 2 is 1.81 bits per heavy atom. The highest BCUT2D eigenvalue weighted by Gasteiger charge is 2.19. The lowest BCUT2D eigenvalue weighted by molar-refractivity contribution is -0.117. The smallest absolute Gasteiger partial charge is 0.238 e. The number of rotatable bonds is 7. The van der Waals surface area contributed by atoms with Crippen molar-refractivity contribution in [1.29, 1.82) is 0 Å². The quantitative estimate of drug-likeness (QED) is 0.813. The van der Waals surface area contributed by atoms with Gasteiger partial charge in [0.2, 0.25) is 11.8 Å². The number of piperazine rings is 1. The van der Waals surface area contributed by atoms with Gasteiger partial charge in [-0.05, 0) is 24.1 Å². The minimum absolute atomic E-state index is 0.0545. The average Bonchev–Trinajstić information content (AvgIpc) is 2.70. The average molecular weight is 368 g/mol. The first-order chi connectivity index (χ1) is 13.2. The second-order valence-corrected chi connectivity index (χ2v) is 6.78. The van der Waals surface area contributed by atoms with Gasteiger partial charge in [-0.3, -0.25) is 14.6 Å². The van der Waals surface area contributed by atoms with Crippen LogP contribution in [0.3, 0.4) is 0 Å². The van der Waals surface area contributed by atoms with Gasteiger partial charge in [-0.25, -0.2) is 4.98 Å². The Kier molecular flexibility index (Phi) is 6.79. The van der Waals surface area contributed by atoms with Gasteiger partial charge in [-0.1, -0.05) is 31.2 Å². The van der Waals surface area contributed by atoms with Crippen molar-refractivity contribution in [2.45, 2.75) is 19.9 Å². The van der Waals surface area contributed by atoms with E-state index in [0.29, 0.717) is 12.4 Å². The molecule has 1 aliphatic rings. The lowest BCUT2D eigenvalue weighted by atomic mass is 10.1. The lowest BCUT2D eigenvalue weighted by Gasteiger charge is -2.34. The predicted octanol–water partition coefficient (Wildman–Crippen LogP) is 2.41. The highest BCUT2D eigenvalue weighted by atomic mass is 16.5. The van der Waals surface area contributed by atoms with Crippen molar-refractivity contribution >= 4 is 11.6 Å². The number of carbonyl (C=O) groups is 1. The zero-order valence-electron chi connectivity index (χ0n) is 16.1. The molecule has 1 amide bonds. The van der Waals surface area contributed by atoms with Gasteiger partial charge in [0.05, 0.1) is 19.3 Å². The molecule has 0 bridgehead atoms. The van der Waals surface area contributed by atoms with Gasteiger partial charge in [-0.2, -0.15) is 0 Å². The zero-order chi connectivity index (χ0) is 19.1. The normalized spacial score (nSPS) is 15.5. The van der Waals surface area contributed by atoms with E-state index in [9.17, 15) is 4.79 Å². The molecule has 144 valence electrons. The molecule has 6 heteroatoms. The Balaban J connectivity index is 1.45. The molecular formula is C21H28N4O2. The highest BCUT2D eigenvalue weighted by Crippen LogP contribution is 2.16. The number of aromatic nitrogens is 1. The third kappa shape index (κ3) is 5.52. The molecule has 2 heterocycles. The van der Waals surface area contributed by atoms with Crippen LogP contribution in [-0.2, 0) is 17.8 Å². The fourth-order valence-corrected chi connectivity index (χ4v) is 3.34. The van der Waals surface area contributed by atoms with Crippen molar-refractivity contribution in [3.8, 4) is 5.88 Å². The fourth-order valence-electron chi connectivity index (χ4n) is 3.34. The van der Waals surface area contributed by atoms with E-state index >= 15 is 0 Å². The van der Waals surface area contributed by atoms with Crippen LogP contribution in [-0.4, -0.2) is 60.5 Å². The number of aryl methyl sites for hydroxylation is 1. The number of ether oxygens (including phenoxy) is 1. The van der Waals surface area contributed by atoms with Crippen LogP contribution in [0.25, 0.3) is 0 Å². The van der Waals surface area contributed by atoms with Crippen molar-refractivity contribution in [1.82, 2.24) is 14.8 Å². The van der Waals surface area contributed by atoms with Crippen LogP contribution >= 0.6 is 0 Å². The zero-order valence-corrected chi connectivity index (χ0v) is 16.1. The number of hydrogen-bond donors (Lipinski definition) is 1. The third-order valence-corrected chi connectivity index (χ3v) is 4.88. The molecule has 0 aliphatic carbocycles. The molecule has 3 rings (SSSR count). The summed E-state index contributed by atoms with van der Waals surface area (Å²) in [4.78, 5) is 21.4. The molecule has 2 aromatic rings. The summed E-state index contributed by atoms with van der Waals surface area (Å²) in [5, 5.41) is 3.05. The Morgan fingerprint density at radius 3 is 2.56 bits per heavy atom. The SMILES string of the molecule is CCc1ccccc1NC(=O)CN1CCN(Cc2cccc(OC)n2)CC1.